The van der Waals surface area contributed by atoms with Gasteiger partial charge in [0.15, 0.2) is 5.96 Å². The lowest BCUT2D eigenvalue weighted by molar-refractivity contribution is 0.00102. The van der Waals surface area contributed by atoms with Crippen LogP contribution in [0.5, 0.6) is 0 Å². The van der Waals surface area contributed by atoms with Crippen molar-refractivity contribution in [1.82, 2.24) is 14.5 Å². The monoisotopic (exact) mass is 574 g/mol. The molecule has 0 bridgehead atoms. The molecule has 3 rings (SSSR count). The molecular weight excluding hydrogens is 535 g/mol. The molecule has 30 heavy (non-hydrogen) atoms. The number of guanidine groups is 1. The molecule has 3 aliphatic rings. The first-order valence-corrected chi connectivity index (χ1v) is 14.1. The van der Waals surface area contributed by atoms with Crippen LogP contribution in [0.1, 0.15) is 45.4 Å². The van der Waals surface area contributed by atoms with Crippen LogP contribution in [0.25, 0.3) is 0 Å². The largest absolute Gasteiger partial charge is 0.378 e. The molecule has 3 fully saturated rings. The van der Waals surface area contributed by atoms with Crippen LogP contribution in [0.4, 0.5) is 0 Å². The van der Waals surface area contributed by atoms with E-state index >= 15 is 0 Å². The van der Waals surface area contributed by atoms with Gasteiger partial charge in [0, 0.05) is 50.8 Å². The van der Waals surface area contributed by atoms with E-state index in [1.165, 1.54) is 25.7 Å². The smallest absolute Gasteiger partial charge is 0.215 e. The number of likely N-dealkylation sites (tertiary alicyclic amines) is 1. The van der Waals surface area contributed by atoms with E-state index in [-0.39, 0.29) is 29.7 Å². The highest BCUT2D eigenvalue weighted by Crippen LogP contribution is 2.26. The SMILES string of the molecule is CCNC(=NCCS(=O)(=O)N1CCSCC1)N1CCC(OCC2CCCC2)CC1.I. The van der Waals surface area contributed by atoms with Gasteiger partial charge in [0.05, 0.1) is 18.4 Å². The van der Waals surface area contributed by atoms with Crippen LogP contribution < -0.4 is 5.32 Å². The molecule has 0 atom stereocenters. The molecule has 2 saturated heterocycles. The normalized spacial score (nSPS) is 22.8. The highest BCUT2D eigenvalue weighted by atomic mass is 127. The summed E-state index contributed by atoms with van der Waals surface area (Å²) >= 11 is 1.82. The van der Waals surface area contributed by atoms with E-state index in [1.54, 1.807) is 4.31 Å². The van der Waals surface area contributed by atoms with Crippen molar-refractivity contribution in [1.29, 1.82) is 0 Å². The van der Waals surface area contributed by atoms with Crippen LogP contribution in [-0.2, 0) is 14.8 Å². The molecule has 0 spiro atoms. The van der Waals surface area contributed by atoms with E-state index in [9.17, 15) is 8.42 Å². The molecule has 0 amide bonds. The third-order valence-electron chi connectivity index (χ3n) is 6.09. The summed E-state index contributed by atoms with van der Waals surface area (Å²) in [5.74, 6) is 3.48. The molecule has 0 aromatic rings. The summed E-state index contributed by atoms with van der Waals surface area (Å²) in [5, 5.41) is 3.33. The highest BCUT2D eigenvalue weighted by molar-refractivity contribution is 14.0. The lowest BCUT2D eigenvalue weighted by atomic mass is 10.1. The minimum Gasteiger partial charge on any atom is -0.378 e. The van der Waals surface area contributed by atoms with Crippen LogP contribution in [0.2, 0.25) is 0 Å². The average Bonchev–Trinajstić information content (AvgIpc) is 3.26. The van der Waals surface area contributed by atoms with Crippen LogP contribution >= 0.6 is 35.7 Å². The molecule has 1 N–H and O–H groups in total. The number of hydrogen-bond acceptors (Lipinski definition) is 5. The summed E-state index contributed by atoms with van der Waals surface area (Å²) in [6.07, 6.45) is 7.77. The topological polar surface area (TPSA) is 74.2 Å². The van der Waals surface area contributed by atoms with Crippen LogP contribution in [0.15, 0.2) is 4.99 Å². The van der Waals surface area contributed by atoms with Gasteiger partial charge in [-0.25, -0.2) is 12.7 Å². The average molecular weight is 575 g/mol. The predicted octanol–water partition coefficient (Wildman–Crippen LogP) is 2.62. The summed E-state index contributed by atoms with van der Waals surface area (Å²) in [6.45, 7) is 7.16. The first kappa shape index (κ1) is 26.5. The number of piperidine rings is 1. The number of sulfonamides is 1. The summed E-state index contributed by atoms with van der Waals surface area (Å²) in [7, 11) is -3.20. The Morgan fingerprint density at radius 2 is 1.77 bits per heavy atom. The number of halogens is 1. The molecule has 176 valence electrons. The maximum Gasteiger partial charge on any atom is 0.215 e. The molecule has 10 heteroatoms. The van der Waals surface area contributed by atoms with Gasteiger partial charge in [0.25, 0.3) is 0 Å². The lowest BCUT2D eigenvalue weighted by Crippen LogP contribution is -2.47. The molecule has 0 radical (unpaired) electrons. The first-order chi connectivity index (χ1) is 14.1. The summed E-state index contributed by atoms with van der Waals surface area (Å²) in [5.41, 5.74) is 0. The Labute approximate surface area is 204 Å². The molecule has 0 aromatic heterocycles. The van der Waals surface area contributed by atoms with Crippen molar-refractivity contribution in [3.63, 3.8) is 0 Å². The maximum atomic E-state index is 12.5. The number of hydrogen-bond donors (Lipinski definition) is 1. The number of nitrogens with zero attached hydrogens (tertiary/aromatic N) is 3. The highest BCUT2D eigenvalue weighted by Gasteiger charge is 2.25. The van der Waals surface area contributed by atoms with Gasteiger partial charge in [-0.2, -0.15) is 11.8 Å². The maximum absolute atomic E-state index is 12.5. The van der Waals surface area contributed by atoms with Crippen molar-refractivity contribution < 1.29 is 13.2 Å². The van der Waals surface area contributed by atoms with E-state index in [0.29, 0.717) is 25.7 Å². The lowest BCUT2D eigenvalue weighted by Gasteiger charge is -2.34. The van der Waals surface area contributed by atoms with E-state index in [1.807, 2.05) is 11.8 Å². The van der Waals surface area contributed by atoms with Gasteiger partial charge >= 0.3 is 0 Å². The zero-order valence-electron chi connectivity index (χ0n) is 18.3. The third kappa shape index (κ3) is 8.29. The zero-order valence-corrected chi connectivity index (χ0v) is 22.2. The molecular formula is C20H39IN4O3S2. The van der Waals surface area contributed by atoms with E-state index < -0.39 is 10.0 Å². The number of ether oxygens (including phenoxy) is 1. The second-order valence-electron chi connectivity index (χ2n) is 8.23. The molecule has 1 aliphatic carbocycles. The van der Waals surface area contributed by atoms with Crippen molar-refractivity contribution in [2.75, 3.05) is 63.1 Å². The number of thioether (sulfide) groups is 1. The fourth-order valence-electron chi connectivity index (χ4n) is 4.33. The molecule has 2 aliphatic heterocycles. The number of nitrogens with one attached hydrogen (secondary N) is 1. The number of rotatable bonds is 8. The molecule has 2 heterocycles. The predicted molar refractivity (Wildman–Crippen MR) is 137 cm³/mol. The Morgan fingerprint density at radius 1 is 1.10 bits per heavy atom. The van der Waals surface area contributed by atoms with Gasteiger partial charge in [0.1, 0.15) is 0 Å². The van der Waals surface area contributed by atoms with Crippen molar-refractivity contribution in [3.05, 3.63) is 0 Å². The van der Waals surface area contributed by atoms with Crippen molar-refractivity contribution >= 4 is 51.7 Å². The Kier molecular flexibility index (Phi) is 12.1. The van der Waals surface area contributed by atoms with Gasteiger partial charge in [-0.1, -0.05) is 12.8 Å². The van der Waals surface area contributed by atoms with Crippen molar-refractivity contribution in [2.45, 2.75) is 51.6 Å². The fraction of sp³-hybridized carbons (Fsp3) is 0.950. The van der Waals surface area contributed by atoms with Crippen molar-refractivity contribution in [2.24, 2.45) is 10.9 Å². The Hall–Kier alpha value is 0.220. The van der Waals surface area contributed by atoms with Crippen LogP contribution in [0, 0.1) is 5.92 Å². The van der Waals surface area contributed by atoms with Crippen LogP contribution in [-0.4, -0.2) is 92.8 Å². The number of aliphatic imine (C=N–C) groups is 1. The van der Waals surface area contributed by atoms with Gasteiger partial charge in [-0.3, -0.25) is 4.99 Å². The van der Waals surface area contributed by atoms with Crippen LogP contribution in [0.3, 0.4) is 0 Å². The quantitative estimate of drug-likeness (QED) is 0.273. The third-order valence-corrected chi connectivity index (χ3v) is 8.89. The minimum atomic E-state index is -3.20. The first-order valence-electron chi connectivity index (χ1n) is 11.3. The molecule has 1 saturated carbocycles. The standard InChI is InChI=1S/C20H38N4O3S2.HI/c1-2-21-20(22-9-16-29(25,26)24-12-14-28-15-13-24)23-10-7-19(8-11-23)27-17-18-5-3-4-6-18;/h18-19H,2-17H2,1H3,(H,21,22);1H. The van der Waals surface area contributed by atoms with E-state index in [2.05, 4.69) is 22.1 Å². The Morgan fingerprint density at radius 3 is 2.40 bits per heavy atom. The van der Waals surface area contributed by atoms with Crippen molar-refractivity contribution in [3.8, 4) is 0 Å². The Balaban J connectivity index is 0.00000320. The fourth-order valence-corrected chi connectivity index (χ4v) is 6.78. The molecule has 7 nitrogen and oxygen atoms in total. The summed E-state index contributed by atoms with van der Waals surface area (Å²) in [6, 6.07) is 0. The minimum absolute atomic E-state index is 0. The molecule has 0 aromatic carbocycles. The van der Waals surface area contributed by atoms with E-state index in [0.717, 1.165) is 62.5 Å². The summed E-state index contributed by atoms with van der Waals surface area (Å²) < 4.78 is 32.8. The summed E-state index contributed by atoms with van der Waals surface area (Å²) in [4.78, 5) is 6.88. The van der Waals surface area contributed by atoms with Gasteiger partial charge in [0.2, 0.25) is 10.0 Å². The van der Waals surface area contributed by atoms with Gasteiger partial charge < -0.3 is 15.0 Å². The molecule has 0 unspecified atom stereocenters. The van der Waals surface area contributed by atoms with E-state index in [4.69, 9.17) is 4.74 Å². The zero-order chi connectivity index (χ0) is 20.5. The van der Waals surface area contributed by atoms with Gasteiger partial charge in [-0.15, -0.1) is 24.0 Å². The second-order valence-corrected chi connectivity index (χ2v) is 11.5. The Bertz CT molecular complexity index is 616. The van der Waals surface area contributed by atoms with Gasteiger partial charge in [-0.05, 0) is 38.5 Å². The second kappa shape index (κ2) is 13.7.